The molecule has 0 N–H and O–H groups in total. The molecule has 0 aromatic carbocycles. The van der Waals surface area contributed by atoms with Gasteiger partial charge in [0.25, 0.3) is 0 Å². The first-order valence-corrected chi connectivity index (χ1v) is 4.39. The Labute approximate surface area is 67.9 Å². The van der Waals surface area contributed by atoms with Crippen LogP contribution in [0.3, 0.4) is 0 Å². The molecule has 2 atom stereocenters. The summed E-state index contributed by atoms with van der Waals surface area (Å²) in [5.41, 5.74) is -0.121. The van der Waals surface area contributed by atoms with Crippen molar-refractivity contribution in [1.29, 1.82) is 0 Å². The standard InChI is InChI=1S/C9H16O2/c1-8(2)9(3)6-4-5-7(10-8)11-9/h7H,4-6H2,1-3H3/t7-,9-/m1/s1. The van der Waals surface area contributed by atoms with Crippen LogP contribution in [0.1, 0.15) is 40.0 Å². The highest BCUT2D eigenvalue weighted by molar-refractivity contribution is 5.00. The molecule has 0 aromatic heterocycles. The predicted octanol–water partition coefficient (Wildman–Crippen LogP) is 2.08. The maximum atomic E-state index is 5.78. The van der Waals surface area contributed by atoms with Gasteiger partial charge in [0.1, 0.15) is 0 Å². The maximum Gasteiger partial charge on any atom is 0.159 e. The lowest BCUT2D eigenvalue weighted by Gasteiger charge is -2.35. The molecule has 11 heavy (non-hydrogen) atoms. The van der Waals surface area contributed by atoms with Gasteiger partial charge in [-0.2, -0.15) is 0 Å². The van der Waals surface area contributed by atoms with E-state index in [4.69, 9.17) is 9.47 Å². The summed E-state index contributed by atoms with van der Waals surface area (Å²) in [6, 6.07) is 0. The van der Waals surface area contributed by atoms with E-state index in [1.165, 1.54) is 6.42 Å². The first-order valence-electron chi connectivity index (χ1n) is 4.39. The molecule has 0 aromatic rings. The molecule has 2 rings (SSSR count). The van der Waals surface area contributed by atoms with E-state index in [2.05, 4.69) is 20.8 Å². The van der Waals surface area contributed by atoms with E-state index in [1.54, 1.807) is 0 Å². The van der Waals surface area contributed by atoms with Gasteiger partial charge in [0, 0.05) is 0 Å². The fourth-order valence-electron chi connectivity index (χ4n) is 1.99. The second-order valence-corrected chi connectivity index (χ2v) is 4.30. The summed E-state index contributed by atoms with van der Waals surface area (Å²) >= 11 is 0. The molecule has 2 saturated heterocycles. The average Bonchev–Trinajstić information content (AvgIpc) is 1.99. The smallest absolute Gasteiger partial charge is 0.159 e. The fourth-order valence-corrected chi connectivity index (χ4v) is 1.99. The summed E-state index contributed by atoms with van der Waals surface area (Å²) in [5, 5.41) is 0. The Balaban J connectivity index is 2.28. The van der Waals surface area contributed by atoms with Crippen molar-refractivity contribution in [1.82, 2.24) is 0 Å². The van der Waals surface area contributed by atoms with Crippen molar-refractivity contribution >= 4 is 0 Å². The van der Waals surface area contributed by atoms with Crippen LogP contribution in [0.15, 0.2) is 0 Å². The van der Waals surface area contributed by atoms with Gasteiger partial charge in [-0.05, 0) is 40.0 Å². The Morgan fingerprint density at radius 2 is 1.91 bits per heavy atom. The van der Waals surface area contributed by atoms with Crippen LogP contribution in [0.5, 0.6) is 0 Å². The third-order valence-electron chi connectivity index (χ3n) is 3.18. The Kier molecular flexibility index (Phi) is 1.37. The second-order valence-electron chi connectivity index (χ2n) is 4.30. The Bertz CT molecular complexity index is 174. The van der Waals surface area contributed by atoms with Crippen molar-refractivity contribution in [2.24, 2.45) is 0 Å². The van der Waals surface area contributed by atoms with Gasteiger partial charge in [0.15, 0.2) is 6.29 Å². The molecule has 0 amide bonds. The largest absolute Gasteiger partial charge is 0.344 e. The van der Waals surface area contributed by atoms with Crippen LogP contribution in [-0.2, 0) is 9.47 Å². The van der Waals surface area contributed by atoms with Crippen LogP contribution in [-0.4, -0.2) is 17.5 Å². The van der Waals surface area contributed by atoms with Crippen molar-refractivity contribution in [2.75, 3.05) is 0 Å². The first kappa shape index (κ1) is 7.56. The average molecular weight is 156 g/mol. The fraction of sp³-hybridized carbons (Fsp3) is 1.00. The van der Waals surface area contributed by atoms with E-state index in [9.17, 15) is 0 Å². The van der Waals surface area contributed by atoms with Crippen LogP contribution < -0.4 is 0 Å². The van der Waals surface area contributed by atoms with E-state index in [0.29, 0.717) is 0 Å². The van der Waals surface area contributed by atoms with Crippen LogP contribution >= 0.6 is 0 Å². The molecule has 2 aliphatic heterocycles. The molecule has 2 nitrogen and oxygen atoms in total. The van der Waals surface area contributed by atoms with Gasteiger partial charge < -0.3 is 9.47 Å². The summed E-state index contributed by atoms with van der Waals surface area (Å²) in [5.74, 6) is 0. The molecule has 0 saturated carbocycles. The highest BCUT2D eigenvalue weighted by Crippen LogP contribution is 2.46. The van der Waals surface area contributed by atoms with Crippen molar-refractivity contribution in [3.05, 3.63) is 0 Å². The number of hydrogen-bond acceptors (Lipinski definition) is 2. The number of fused-ring (bicyclic) bond motifs is 2. The van der Waals surface area contributed by atoms with E-state index < -0.39 is 0 Å². The summed E-state index contributed by atoms with van der Waals surface area (Å²) in [7, 11) is 0. The summed E-state index contributed by atoms with van der Waals surface area (Å²) in [6.07, 6.45) is 3.52. The third kappa shape index (κ3) is 0.926. The van der Waals surface area contributed by atoms with Gasteiger partial charge in [0.2, 0.25) is 0 Å². The summed E-state index contributed by atoms with van der Waals surface area (Å²) < 4.78 is 11.5. The zero-order valence-electron chi connectivity index (χ0n) is 7.52. The van der Waals surface area contributed by atoms with E-state index in [1.807, 2.05) is 0 Å². The van der Waals surface area contributed by atoms with Gasteiger partial charge in [-0.3, -0.25) is 0 Å². The van der Waals surface area contributed by atoms with Gasteiger partial charge in [-0.15, -0.1) is 0 Å². The van der Waals surface area contributed by atoms with E-state index >= 15 is 0 Å². The van der Waals surface area contributed by atoms with E-state index in [-0.39, 0.29) is 17.5 Å². The molecule has 0 spiro atoms. The third-order valence-corrected chi connectivity index (χ3v) is 3.18. The summed E-state index contributed by atoms with van der Waals surface area (Å²) in [4.78, 5) is 0. The SMILES string of the molecule is CC1(C)O[C@H]2CCC[C@@]1(C)O2. The number of hydrogen-bond donors (Lipinski definition) is 0. The summed E-state index contributed by atoms with van der Waals surface area (Å²) in [6.45, 7) is 6.41. The normalized spacial score (nSPS) is 47.7. The Morgan fingerprint density at radius 1 is 1.18 bits per heavy atom. The molecule has 2 bridgehead atoms. The predicted molar refractivity (Wildman–Crippen MR) is 42.3 cm³/mol. The highest BCUT2D eigenvalue weighted by Gasteiger charge is 2.53. The van der Waals surface area contributed by atoms with Gasteiger partial charge in [-0.25, -0.2) is 0 Å². The zero-order chi connectivity index (χ0) is 8.11. The second kappa shape index (κ2) is 1.99. The van der Waals surface area contributed by atoms with Crippen molar-refractivity contribution < 1.29 is 9.47 Å². The lowest BCUT2D eigenvalue weighted by molar-refractivity contribution is -0.114. The van der Waals surface area contributed by atoms with Crippen molar-refractivity contribution in [3.63, 3.8) is 0 Å². The van der Waals surface area contributed by atoms with E-state index in [0.717, 1.165) is 12.8 Å². The molecule has 2 heteroatoms. The van der Waals surface area contributed by atoms with Crippen molar-refractivity contribution in [3.8, 4) is 0 Å². The minimum atomic E-state index is -0.0891. The minimum absolute atomic E-state index is 0.0318. The maximum absolute atomic E-state index is 5.78. The molecular formula is C9H16O2. The van der Waals surface area contributed by atoms with Crippen molar-refractivity contribution in [2.45, 2.75) is 57.5 Å². The topological polar surface area (TPSA) is 18.5 Å². The quantitative estimate of drug-likeness (QED) is 0.534. The van der Waals surface area contributed by atoms with Crippen LogP contribution in [0, 0.1) is 0 Å². The molecular weight excluding hydrogens is 140 g/mol. The van der Waals surface area contributed by atoms with Crippen LogP contribution in [0.2, 0.25) is 0 Å². The highest BCUT2D eigenvalue weighted by atomic mass is 16.7. The Hall–Kier alpha value is -0.0800. The lowest BCUT2D eigenvalue weighted by Crippen LogP contribution is -2.45. The van der Waals surface area contributed by atoms with Gasteiger partial charge in [0.05, 0.1) is 11.2 Å². The lowest BCUT2D eigenvalue weighted by atomic mass is 9.83. The number of ether oxygens (including phenoxy) is 2. The zero-order valence-corrected chi connectivity index (χ0v) is 7.52. The number of rotatable bonds is 0. The minimum Gasteiger partial charge on any atom is -0.344 e. The molecule has 0 aliphatic carbocycles. The monoisotopic (exact) mass is 156 g/mol. The molecule has 2 aliphatic rings. The van der Waals surface area contributed by atoms with Gasteiger partial charge in [-0.1, -0.05) is 0 Å². The molecule has 2 fully saturated rings. The van der Waals surface area contributed by atoms with Crippen LogP contribution in [0.25, 0.3) is 0 Å². The van der Waals surface area contributed by atoms with Gasteiger partial charge >= 0.3 is 0 Å². The molecule has 0 radical (unpaired) electrons. The Morgan fingerprint density at radius 3 is 2.45 bits per heavy atom. The molecule has 64 valence electrons. The first-order chi connectivity index (χ1) is 5.04. The molecule has 2 heterocycles. The molecule has 0 unspecified atom stereocenters. The van der Waals surface area contributed by atoms with Crippen LogP contribution in [0.4, 0.5) is 0 Å².